The first-order valence-electron chi connectivity index (χ1n) is 6.67. The number of alkyl halides is 7. The highest BCUT2D eigenvalue weighted by Gasteiger charge is 2.74. The molecule has 24 heavy (non-hydrogen) atoms. The molecule has 9 heteroatoms. The number of allylic oxidation sites excluding steroid dienone is 1. The van der Waals surface area contributed by atoms with E-state index in [4.69, 9.17) is 0 Å². The van der Waals surface area contributed by atoms with Gasteiger partial charge in [-0.05, 0) is 17.6 Å². The van der Waals surface area contributed by atoms with Gasteiger partial charge in [0.1, 0.15) is 6.61 Å². The fourth-order valence-corrected chi connectivity index (χ4v) is 1.88. The van der Waals surface area contributed by atoms with Gasteiger partial charge in [-0.25, -0.2) is 9.18 Å². The highest BCUT2D eigenvalue weighted by molar-refractivity contribution is 5.83. The molecule has 1 rings (SSSR count). The van der Waals surface area contributed by atoms with Crippen LogP contribution in [0, 0.1) is 0 Å². The highest BCUT2D eigenvalue weighted by atomic mass is 19.4. The maximum Gasteiger partial charge on any atom is 0.435 e. The summed E-state index contributed by atoms with van der Waals surface area (Å²) < 4.78 is 94.3. The van der Waals surface area contributed by atoms with Crippen LogP contribution in [0.5, 0.6) is 0 Å². The Bertz CT molecular complexity index is 574. The molecule has 0 aliphatic rings. The molecule has 0 aromatic heterocycles. The van der Waals surface area contributed by atoms with Crippen LogP contribution in [-0.2, 0) is 16.1 Å². The average Bonchev–Trinajstić information content (AvgIpc) is 2.48. The predicted molar refractivity (Wildman–Crippen MR) is 70.6 cm³/mol. The maximum atomic E-state index is 13.9. The van der Waals surface area contributed by atoms with Gasteiger partial charge in [-0.3, -0.25) is 0 Å². The van der Waals surface area contributed by atoms with Crippen molar-refractivity contribution in [1.29, 1.82) is 0 Å². The van der Waals surface area contributed by atoms with Crippen molar-refractivity contribution in [2.75, 3.05) is 0 Å². The van der Waals surface area contributed by atoms with Crippen molar-refractivity contribution >= 4 is 5.97 Å². The summed E-state index contributed by atoms with van der Waals surface area (Å²) in [6.45, 7) is 0.507. The van der Waals surface area contributed by atoms with Crippen molar-refractivity contribution in [3.05, 3.63) is 47.5 Å². The number of benzene rings is 1. The Morgan fingerprint density at radius 2 is 1.50 bits per heavy atom. The Hall–Kier alpha value is -2.06. The van der Waals surface area contributed by atoms with Gasteiger partial charge < -0.3 is 4.74 Å². The van der Waals surface area contributed by atoms with Crippen molar-refractivity contribution in [2.24, 2.45) is 0 Å². The van der Waals surface area contributed by atoms with Crippen LogP contribution in [0.4, 0.5) is 30.7 Å². The van der Waals surface area contributed by atoms with Crippen molar-refractivity contribution in [3.63, 3.8) is 0 Å². The molecular weight excluding hydrogens is 345 g/mol. The number of hydrogen-bond acceptors (Lipinski definition) is 2. The quantitative estimate of drug-likeness (QED) is 0.425. The van der Waals surface area contributed by atoms with Crippen LogP contribution in [0.15, 0.2) is 42.0 Å². The molecule has 0 saturated heterocycles. The number of rotatable bonds is 5. The third-order valence-corrected chi connectivity index (χ3v) is 3.12. The molecule has 1 aromatic rings. The van der Waals surface area contributed by atoms with Gasteiger partial charge in [0.05, 0.1) is 0 Å². The second-order valence-corrected chi connectivity index (χ2v) is 4.77. The fourth-order valence-electron chi connectivity index (χ4n) is 1.88. The molecule has 0 fully saturated rings. The zero-order valence-corrected chi connectivity index (χ0v) is 12.3. The molecule has 0 heterocycles. The summed E-state index contributed by atoms with van der Waals surface area (Å²) in [6, 6.07) is 7.91. The van der Waals surface area contributed by atoms with Crippen LogP contribution in [0.25, 0.3) is 0 Å². The van der Waals surface area contributed by atoms with Crippen LogP contribution in [0.2, 0.25) is 0 Å². The van der Waals surface area contributed by atoms with Crippen molar-refractivity contribution in [1.82, 2.24) is 0 Å². The summed E-state index contributed by atoms with van der Waals surface area (Å²) in [5.74, 6) is -1.49. The van der Waals surface area contributed by atoms with Gasteiger partial charge in [-0.2, -0.15) is 26.3 Å². The number of halogens is 7. The molecule has 1 aromatic carbocycles. The van der Waals surface area contributed by atoms with Crippen LogP contribution < -0.4 is 0 Å². The number of hydrogen-bond donors (Lipinski definition) is 0. The summed E-state index contributed by atoms with van der Waals surface area (Å²) in [5.41, 5.74) is -6.91. The van der Waals surface area contributed by atoms with E-state index in [-0.39, 0.29) is 12.7 Å². The van der Waals surface area contributed by atoms with Gasteiger partial charge in [-0.15, -0.1) is 0 Å². The predicted octanol–water partition coefficient (Wildman–Crippen LogP) is 4.90. The summed E-state index contributed by atoms with van der Waals surface area (Å²) in [5, 5.41) is 0. The number of ether oxygens (including phenoxy) is 1. The number of carbonyl (C=O) groups is 1. The molecular formula is C15H13F7O2. The molecule has 134 valence electrons. The van der Waals surface area contributed by atoms with E-state index in [0.717, 1.165) is 6.92 Å². The van der Waals surface area contributed by atoms with E-state index >= 15 is 0 Å². The Labute approximate surface area is 132 Å². The Morgan fingerprint density at radius 3 is 1.92 bits per heavy atom. The maximum absolute atomic E-state index is 13.9. The molecule has 0 saturated carbocycles. The third-order valence-electron chi connectivity index (χ3n) is 3.12. The Balaban J connectivity index is 3.04. The lowest BCUT2D eigenvalue weighted by Crippen LogP contribution is -2.54. The minimum atomic E-state index is -6.26. The van der Waals surface area contributed by atoms with E-state index in [1.54, 1.807) is 18.2 Å². The van der Waals surface area contributed by atoms with Crippen LogP contribution in [-0.4, -0.2) is 24.0 Å². The summed E-state index contributed by atoms with van der Waals surface area (Å²) >= 11 is 0. The molecule has 0 aliphatic carbocycles. The topological polar surface area (TPSA) is 26.3 Å². The lowest BCUT2D eigenvalue weighted by Gasteiger charge is -2.31. The van der Waals surface area contributed by atoms with Crippen LogP contribution >= 0.6 is 0 Å². The standard InChI is InChI=1S/C15H13F7O2/c1-2-11(13(16,14(17,18)19)15(20,21)22)8-12(23)24-9-10-6-4-3-5-7-10/h3-8H,2,9H2,1H3/b11-8+. The molecule has 0 atom stereocenters. The first-order chi connectivity index (χ1) is 10.9. The number of carbonyl (C=O) groups excluding carboxylic acids is 1. The van der Waals surface area contributed by atoms with E-state index in [9.17, 15) is 35.5 Å². The van der Waals surface area contributed by atoms with Gasteiger partial charge in [0.25, 0.3) is 0 Å². The largest absolute Gasteiger partial charge is 0.458 e. The highest BCUT2D eigenvalue weighted by Crippen LogP contribution is 2.51. The van der Waals surface area contributed by atoms with Gasteiger partial charge >= 0.3 is 24.0 Å². The van der Waals surface area contributed by atoms with Crippen molar-refractivity contribution in [2.45, 2.75) is 38.0 Å². The summed E-state index contributed by atoms with van der Waals surface area (Å²) in [6.07, 6.45) is -13.6. The first kappa shape index (κ1) is 20.0. The lowest BCUT2D eigenvalue weighted by molar-refractivity contribution is -0.326. The van der Waals surface area contributed by atoms with Crippen LogP contribution in [0.3, 0.4) is 0 Å². The Morgan fingerprint density at radius 1 is 1.00 bits per heavy atom. The van der Waals surface area contributed by atoms with E-state index in [0.29, 0.717) is 5.56 Å². The molecule has 0 bridgehead atoms. The van der Waals surface area contributed by atoms with Crippen molar-refractivity contribution in [3.8, 4) is 0 Å². The molecule has 0 spiro atoms. The van der Waals surface area contributed by atoms with Gasteiger partial charge in [0.15, 0.2) is 0 Å². The molecule has 0 radical (unpaired) electrons. The first-order valence-corrected chi connectivity index (χ1v) is 6.67. The molecule has 2 nitrogen and oxygen atoms in total. The minimum Gasteiger partial charge on any atom is -0.458 e. The van der Waals surface area contributed by atoms with Crippen LogP contribution in [0.1, 0.15) is 18.9 Å². The second-order valence-electron chi connectivity index (χ2n) is 4.77. The van der Waals surface area contributed by atoms with E-state index < -0.39 is 36.0 Å². The third kappa shape index (κ3) is 4.27. The zero-order valence-electron chi connectivity index (χ0n) is 12.3. The van der Waals surface area contributed by atoms with E-state index in [2.05, 4.69) is 4.74 Å². The minimum absolute atomic E-state index is 0.0933. The summed E-state index contributed by atoms with van der Waals surface area (Å²) in [4.78, 5) is 11.5. The summed E-state index contributed by atoms with van der Waals surface area (Å²) in [7, 11) is 0. The normalized spacial score (nSPS) is 13.8. The van der Waals surface area contributed by atoms with E-state index in [1.165, 1.54) is 12.1 Å². The van der Waals surface area contributed by atoms with Gasteiger partial charge in [0.2, 0.25) is 0 Å². The Kier molecular flexibility index (Phi) is 6.02. The average molecular weight is 358 g/mol. The molecule has 0 aliphatic heterocycles. The lowest BCUT2D eigenvalue weighted by atomic mass is 9.91. The smallest absolute Gasteiger partial charge is 0.435 e. The van der Waals surface area contributed by atoms with Gasteiger partial charge in [0, 0.05) is 6.08 Å². The zero-order chi connectivity index (χ0) is 18.6. The SMILES string of the molecule is CC/C(=C\C(=O)OCc1ccccc1)C(F)(C(F)(F)F)C(F)(F)F. The molecule has 0 amide bonds. The molecule has 0 unspecified atom stereocenters. The van der Waals surface area contributed by atoms with E-state index in [1.807, 2.05) is 0 Å². The second kappa shape index (κ2) is 7.23. The molecule has 0 N–H and O–H groups in total. The number of esters is 1. The van der Waals surface area contributed by atoms with Gasteiger partial charge in [-0.1, -0.05) is 37.3 Å². The van der Waals surface area contributed by atoms with Crippen molar-refractivity contribution < 1.29 is 40.3 Å². The monoisotopic (exact) mass is 358 g/mol. The fraction of sp³-hybridized carbons (Fsp3) is 0.400.